The van der Waals surface area contributed by atoms with Gasteiger partial charge in [0.1, 0.15) is 11.9 Å². The third kappa shape index (κ3) is 2.68. The topological polar surface area (TPSA) is 25.8 Å². The first-order valence-electron chi connectivity index (χ1n) is 4.33. The van der Waals surface area contributed by atoms with Crippen LogP contribution in [-0.4, -0.2) is 9.97 Å². The van der Waals surface area contributed by atoms with Crippen LogP contribution in [-0.2, 0) is 20.1 Å². The molecule has 5 heteroatoms. The van der Waals surface area contributed by atoms with E-state index in [0.29, 0.717) is 5.69 Å². The second-order valence-electron chi connectivity index (χ2n) is 3.11. The number of rotatable bonds is 1. The average molecular weight is 397 g/mol. The number of halogens is 2. The van der Waals surface area contributed by atoms with Gasteiger partial charge in [-0.05, 0) is 18.7 Å². The van der Waals surface area contributed by atoms with Crippen molar-refractivity contribution >= 4 is 0 Å². The Labute approximate surface area is 105 Å². The molecule has 0 aliphatic carbocycles. The van der Waals surface area contributed by atoms with Crippen LogP contribution < -0.4 is 0 Å². The van der Waals surface area contributed by atoms with Gasteiger partial charge in [-0.15, -0.1) is 6.07 Å². The first-order chi connectivity index (χ1) is 7.16. The van der Waals surface area contributed by atoms with Crippen LogP contribution in [0.15, 0.2) is 24.4 Å². The Morgan fingerprint density at radius 1 is 1.31 bits per heavy atom. The van der Waals surface area contributed by atoms with Gasteiger partial charge in [-0.25, -0.2) is 8.78 Å². The zero-order valence-corrected chi connectivity index (χ0v) is 10.7. The number of pyridine rings is 2. The van der Waals surface area contributed by atoms with E-state index < -0.39 is 11.9 Å². The predicted molar refractivity (Wildman–Crippen MR) is 51.0 cm³/mol. The molecule has 1 radical (unpaired) electrons. The summed E-state index contributed by atoms with van der Waals surface area (Å²) in [6.45, 7) is 1.86. The standard InChI is InChI=1S/C11H7F2N2.Ir/c1-7-4-5-14-9(6-7)8-2-3-10(12)15-11(8)13;/h3-6H,1H3;/q-1;. The minimum absolute atomic E-state index is 0. The van der Waals surface area contributed by atoms with E-state index in [0.717, 1.165) is 11.6 Å². The summed E-state index contributed by atoms with van der Waals surface area (Å²) in [5, 5.41) is 0. The van der Waals surface area contributed by atoms with Crippen molar-refractivity contribution in [2.24, 2.45) is 0 Å². The van der Waals surface area contributed by atoms with Gasteiger partial charge in [0.15, 0.2) is 0 Å². The Hall–Kier alpha value is -1.19. The molecular formula is C11H7F2IrN2-. The van der Waals surface area contributed by atoms with Gasteiger partial charge in [0.05, 0.1) is 0 Å². The largest absolute Gasteiger partial charge is 0.305 e. The van der Waals surface area contributed by atoms with Gasteiger partial charge in [-0.3, -0.25) is 4.98 Å². The monoisotopic (exact) mass is 398 g/mol. The molecule has 0 saturated heterocycles. The molecule has 0 aromatic carbocycles. The van der Waals surface area contributed by atoms with Gasteiger partial charge < -0.3 is 4.98 Å². The second kappa shape index (κ2) is 5.23. The molecule has 0 aliphatic heterocycles. The van der Waals surface area contributed by atoms with E-state index in [1.165, 1.54) is 0 Å². The van der Waals surface area contributed by atoms with Crippen LogP contribution in [0.4, 0.5) is 8.78 Å². The summed E-state index contributed by atoms with van der Waals surface area (Å²) in [6, 6.07) is 6.94. The Morgan fingerprint density at radius 3 is 2.69 bits per heavy atom. The summed E-state index contributed by atoms with van der Waals surface area (Å²) in [7, 11) is 0. The van der Waals surface area contributed by atoms with E-state index in [9.17, 15) is 8.78 Å². The summed E-state index contributed by atoms with van der Waals surface area (Å²) < 4.78 is 25.8. The molecule has 2 rings (SSSR count). The molecule has 2 aromatic rings. The third-order valence-electron chi connectivity index (χ3n) is 1.92. The van der Waals surface area contributed by atoms with Crippen molar-refractivity contribution in [1.29, 1.82) is 0 Å². The van der Waals surface area contributed by atoms with E-state index >= 15 is 0 Å². The van der Waals surface area contributed by atoms with Gasteiger partial charge in [-0.1, -0.05) is 23.3 Å². The van der Waals surface area contributed by atoms with Crippen LogP contribution in [0.25, 0.3) is 11.3 Å². The number of aromatic nitrogens is 2. The second-order valence-corrected chi connectivity index (χ2v) is 3.11. The summed E-state index contributed by atoms with van der Waals surface area (Å²) in [5.41, 5.74) is 1.43. The van der Waals surface area contributed by atoms with Crippen molar-refractivity contribution in [2.45, 2.75) is 6.92 Å². The molecule has 0 saturated carbocycles. The zero-order valence-electron chi connectivity index (χ0n) is 8.29. The molecule has 0 N–H and O–H groups in total. The molecule has 2 aromatic heterocycles. The van der Waals surface area contributed by atoms with E-state index in [-0.39, 0.29) is 25.7 Å². The number of hydrogen-bond acceptors (Lipinski definition) is 2. The first kappa shape index (κ1) is 12.9. The van der Waals surface area contributed by atoms with Crippen molar-refractivity contribution in [3.63, 3.8) is 0 Å². The van der Waals surface area contributed by atoms with Gasteiger partial charge >= 0.3 is 0 Å². The van der Waals surface area contributed by atoms with Crippen molar-refractivity contribution in [3.05, 3.63) is 47.9 Å². The quantitative estimate of drug-likeness (QED) is 0.546. The van der Waals surface area contributed by atoms with Crippen molar-refractivity contribution in [1.82, 2.24) is 9.97 Å². The summed E-state index contributed by atoms with van der Waals surface area (Å²) in [6.07, 6.45) is 1.56. The maximum Gasteiger partial charge on any atom is 0.128 e. The van der Waals surface area contributed by atoms with Crippen molar-refractivity contribution < 1.29 is 28.9 Å². The van der Waals surface area contributed by atoms with Crippen LogP contribution in [0.3, 0.4) is 0 Å². The predicted octanol–water partition coefficient (Wildman–Crippen LogP) is 2.53. The Bertz CT molecular complexity index is 503. The normalized spacial score (nSPS) is 9.69. The molecule has 2 heterocycles. The smallest absolute Gasteiger partial charge is 0.128 e. The van der Waals surface area contributed by atoms with Crippen molar-refractivity contribution in [2.75, 3.05) is 0 Å². The van der Waals surface area contributed by atoms with E-state index in [4.69, 9.17) is 0 Å². The van der Waals surface area contributed by atoms with Gasteiger partial charge in [0.25, 0.3) is 0 Å². The van der Waals surface area contributed by atoms with Crippen LogP contribution in [0.2, 0.25) is 0 Å². The third-order valence-corrected chi connectivity index (χ3v) is 1.92. The molecule has 0 atom stereocenters. The van der Waals surface area contributed by atoms with Gasteiger partial charge in [0, 0.05) is 26.3 Å². The Kier molecular flexibility index (Phi) is 4.21. The average Bonchev–Trinajstić information content (AvgIpc) is 2.17. The number of hydrogen-bond donors (Lipinski definition) is 0. The van der Waals surface area contributed by atoms with Crippen LogP contribution in [0.1, 0.15) is 5.56 Å². The molecule has 0 aliphatic rings. The van der Waals surface area contributed by atoms with Crippen LogP contribution >= 0.6 is 0 Å². The Morgan fingerprint density at radius 2 is 2.06 bits per heavy atom. The molecule has 85 valence electrons. The van der Waals surface area contributed by atoms with Gasteiger partial charge in [-0.2, -0.15) is 0 Å². The fraction of sp³-hybridized carbons (Fsp3) is 0.0909. The summed E-state index contributed by atoms with van der Waals surface area (Å²) in [4.78, 5) is 7.04. The van der Waals surface area contributed by atoms with Crippen LogP contribution in [0, 0.1) is 24.9 Å². The first-order valence-corrected chi connectivity index (χ1v) is 4.33. The molecular weight excluding hydrogens is 390 g/mol. The zero-order chi connectivity index (χ0) is 10.8. The number of aryl methyl sites for hydroxylation is 1. The van der Waals surface area contributed by atoms with Crippen molar-refractivity contribution in [3.8, 4) is 11.3 Å². The molecule has 0 bridgehead atoms. The summed E-state index contributed by atoms with van der Waals surface area (Å²) >= 11 is 0. The molecule has 2 nitrogen and oxygen atoms in total. The number of nitrogens with zero attached hydrogens (tertiary/aromatic N) is 2. The molecule has 0 fully saturated rings. The fourth-order valence-electron chi connectivity index (χ4n) is 1.23. The molecule has 0 spiro atoms. The maximum atomic E-state index is 13.2. The van der Waals surface area contributed by atoms with E-state index in [1.807, 2.05) is 6.92 Å². The van der Waals surface area contributed by atoms with E-state index in [1.54, 1.807) is 18.3 Å². The van der Waals surface area contributed by atoms with Crippen LogP contribution in [0.5, 0.6) is 0 Å². The summed E-state index contributed by atoms with van der Waals surface area (Å²) in [5.74, 6) is -1.78. The maximum absolute atomic E-state index is 13.2. The molecule has 0 unspecified atom stereocenters. The Balaban J connectivity index is 0.00000128. The minimum atomic E-state index is -0.895. The SMILES string of the molecule is Cc1ccnc(-c2[c-]cc(F)nc2F)c1.[Ir]. The fourth-order valence-corrected chi connectivity index (χ4v) is 1.23. The molecule has 0 amide bonds. The molecule has 16 heavy (non-hydrogen) atoms. The van der Waals surface area contributed by atoms with E-state index in [2.05, 4.69) is 16.0 Å². The minimum Gasteiger partial charge on any atom is -0.305 e. The van der Waals surface area contributed by atoms with Gasteiger partial charge in [0.2, 0.25) is 0 Å².